The van der Waals surface area contributed by atoms with Crippen LogP contribution in [0.1, 0.15) is 78.1 Å². The Hall–Kier alpha value is -0.160. The van der Waals surface area contributed by atoms with Crippen molar-refractivity contribution in [2.75, 3.05) is 32.8 Å². The number of hydrogen-bond acceptors (Lipinski definition) is 4. The molecule has 4 nitrogen and oxygen atoms in total. The molecule has 0 aromatic rings. The first-order valence-corrected chi connectivity index (χ1v) is 9.57. The van der Waals surface area contributed by atoms with Crippen LogP contribution in [0.5, 0.6) is 0 Å². The molecule has 0 saturated carbocycles. The summed E-state index contributed by atoms with van der Waals surface area (Å²) in [6.07, 6.45) is 13.9. The zero-order valence-corrected chi connectivity index (χ0v) is 15.2. The van der Waals surface area contributed by atoms with E-state index in [1.54, 1.807) is 0 Å². The average Bonchev–Trinajstić information content (AvgIpc) is 2.52. The summed E-state index contributed by atoms with van der Waals surface area (Å²) in [7, 11) is 0. The fourth-order valence-corrected chi connectivity index (χ4v) is 2.50. The standard InChI is InChI=1S/C18H41N3O/c1-3-4-5-6-7-8-9-10-11-12-17-22-18(2)21-16-15-20-14-13-19/h18,20-21H,3-17,19H2,1-2H3. The minimum absolute atomic E-state index is 0.151. The molecule has 0 fully saturated rings. The summed E-state index contributed by atoms with van der Waals surface area (Å²) in [6, 6.07) is 0. The second-order valence-corrected chi connectivity index (χ2v) is 6.19. The summed E-state index contributed by atoms with van der Waals surface area (Å²) in [5.74, 6) is 0. The highest BCUT2D eigenvalue weighted by molar-refractivity contribution is 4.54. The fraction of sp³-hybridized carbons (Fsp3) is 1.00. The molecule has 0 aliphatic rings. The van der Waals surface area contributed by atoms with Crippen LogP contribution in [-0.2, 0) is 4.74 Å². The van der Waals surface area contributed by atoms with E-state index in [2.05, 4.69) is 24.5 Å². The molecule has 0 aliphatic carbocycles. The van der Waals surface area contributed by atoms with Gasteiger partial charge in [-0.3, -0.25) is 5.32 Å². The lowest BCUT2D eigenvalue weighted by molar-refractivity contribution is 0.0407. The summed E-state index contributed by atoms with van der Waals surface area (Å²) < 4.78 is 5.76. The third-order valence-electron chi connectivity index (χ3n) is 3.92. The number of nitrogens with two attached hydrogens (primary N) is 1. The Morgan fingerprint density at radius 2 is 1.41 bits per heavy atom. The van der Waals surface area contributed by atoms with Crippen LogP contribution in [0, 0.1) is 0 Å². The molecule has 0 amide bonds. The highest BCUT2D eigenvalue weighted by Crippen LogP contribution is 2.10. The van der Waals surface area contributed by atoms with E-state index in [9.17, 15) is 0 Å². The molecule has 1 unspecified atom stereocenters. The summed E-state index contributed by atoms with van der Waals surface area (Å²) in [5.41, 5.74) is 5.41. The SMILES string of the molecule is CCCCCCCCCCCCOC(C)NCCNCCN. The van der Waals surface area contributed by atoms with Gasteiger partial charge < -0.3 is 15.8 Å². The molecule has 0 radical (unpaired) electrons. The Bertz CT molecular complexity index is 203. The predicted molar refractivity (Wildman–Crippen MR) is 97.2 cm³/mol. The quantitative estimate of drug-likeness (QED) is 0.268. The largest absolute Gasteiger partial charge is 0.364 e. The van der Waals surface area contributed by atoms with Crippen LogP contribution < -0.4 is 16.4 Å². The van der Waals surface area contributed by atoms with E-state index in [1.165, 1.54) is 64.2 Å². The molecule has 0 heterocycles. The zero-order valence-electron chi connectivity index (χ0n) is 15.2. The number of rotatable bonds is 18. The highest BCUT2D eigenvalue weighted by Gasteiger charge is 2.00. The Morgan fingerprint density at radius 1 is 0.818 bits per heavy atom. The molecular weight excluding hydrogens is 274 g/mol. The first-order chi connectivity index (χ1) is 10.8. The summed E-state index contributed by atoms with van der Waals surface area (Å²) >= 11 is 0. The molecule has 4 N–H and O–H groups in total. The van der Waals surface area contributed by atoms with E-state index in [0.29, 0.717) is 6.54 Å². The maximum Gasteiger partial charge on any atom is 0.105 e. The van der Waals surface area contributed by atoms with Crippen molar-refractivity contribution in [3.63, 3.8) is 0 Å². The third-order valence-corrected chi connectivity index (χ3v) is 3.92. The lowest BCUT2D eigenvalue weighted by Gasteiger charge is -2.15. The van der Waals surface area contributed by atoms with E-state index in [4.69, 9.17) is 10.5 Å². The zero-order chi connectivity index (χ0) is 16.3. The van der Waals surface area contributed by atoms with Crippen LogP contribution in [0.3, 0.4) is 0 Å². The number of hydrogen-bond donors (Lipinski definition) is 3. The van der Waals surface area contributed by atoms with Gasteiger partial charge in [0.1, 0.15) is 6.23 Å². The van der Waals surface area contributed by atoms with Gasteiger partial charge in [0.25, 0.3) is 0 Å². The van der Waals surface area contributed by atoms with Gasteiger partial charge in [0.05, 0.1) is 0 Å². The molecule has 0 aliphatic heterocycles. The van der Waals surface area contributed by atoms with Gasteiger partial charge in [-0.05, 0) is 13.3 Å². The monoisotopic (exact) mass is 315 g/mol. The molecular formula is C18H41N3O. The van der Waals surface area contributed by atoms with E-state index >= 15 is 0 Å². The number of ether oxygens (including phenoxy) is 1. The first kappa shape index (κ1) is 21.8. The highest BCUT2D eigenvalue weighted by atomic mass is 16.5. The molecule has 0 saturated heterocycles. The minimum atomic E-state index is 0.151. The molecule has 22 heavy (non-hydrogen) atoms. The number of unbranched alkanes of at least 4 members (excludes halogenated alkanes) is 9. The Morgan fingerprint density at radius 3 is 2.00 bits per heavy atom. The molecule has 0 aromatic carbocycles. The molecule has 0 spiro atoms. The van der Waals surface area contributed by atoms with Crippen molar-refractivity contribution in [2.45, 2.75) is 84.3 Å². The first-order valence-electron chi connectivity index (χ1n) is 9.57. The van der Waals surface area contributed by atoms with Crippen molar-refractivity contribution in [3.8, 4) is 0 Å². The number of nitrogens with one attached hydrogen (secondary N) is 2. The average molecular weight is 316 g/mol. The predicted octanol–water partition coefficient (Wildman–Crippen LogP) is 3.41. The fourth-order valence-electron chi connectivity index (χ4n) is 2.50. The minimum Gasteiger partial charge on any atom is -0.364 e. The van der Waals surface area contributed by atoms with Gasteiger partial charge in [0.2, 0.25) is 0 Å². The van der Waals surface area contributed by atoms with Gasteiger partial charge in [-0.2, -0.15) is 0 Å². The summed E-state index contributed by atoms with van der Waals surface area (Å²) in [5, 5.41) is 6.61. The summed E-state index contributed by atoms with van der Waals surface area (Å²) in [6.45, 7) is 8.69. The Labute approximate surface area is 138 Å². The van der Waals surface area contributed by atoms with Crippen LogP contribution in [0.4, 0.5) is 0 Å². The van der Waals surface area contributed by atoms with Gasteiger partial charge >= 0.3 is 0 Å². The molecule has 0 aromatic heterocycles. The Balaban J connectivity index is 3.09. The van der Waals surface area contributed by atoms with E-state index in [-0.39, 0.29) is 6.23 Å². The van der Waals surface area contributed by atoms with E-state index in [0.717, 1.165) is 26.2 Å². The lowest BCUT2D eigenvalue weighted by atomic mass is 10.1. The van der Waals surface area contributed by atoms with Gasteiger partial charge in [-0.25, -0.2) is 0 Å². The second-order valence-electron chi connectivity index (χ2n) is 6.19. The second kappa shape index (κ2) is 18.9. The molecule has 1 atom stereocenters. The van der Waals surface area contributed by atoms with Crippen LogP contribution in [0.15, 0.2) is 0 Å². The van der Waals surface area contributed by atoms with Crippen molar-refractivity contribution in [2.24, 2.45) is 5.73 Å². The summed E-state index contributed by atoms with van der Waals surface area (Å²) in [4.78, 5) is 0. The van der Waals surface area contributed by atoms with Gasteiger partial charge in [0, 0.05) is 32.8 Å². The normalized spacial score (nSPS) is 12.7. The maximum absolute atomic E-state index is 5.76. The molecule has 4 heteroatoms. The van der Waals surface area contributed by atoms with E-state index < -0.39 is 0 Å². The molecule has 0 bridgehead atoms. The lowest BCUT2D eigenvalue weighted by Crippen LogP contribution is -2.36. The Kier molecular flexibility index (Phi) is 18.8. The van der Waals surface area contributed by atoms with Crippen LogP contribution >= 0.6 is 0 Å². The van der Waals surface area contributed by atoms with Crippen molar-refractivity contribution in [3.05, 3.63) is 0 Å². The molecule has 0 rings (SSSR count). The van der Waals surface area contributed by atoms with Gasteiger partial charge in [-0.1, -0.05) is 64.7 Å². The van der Waals surface area contributed by atoms with Crippen LogP contribution in [0.25, 0.3) is 0 Å². The van der Waals surface area contributed by atoms with Gasteiger partial charge in [0.15, 0.2) is 0 Å². The smallest absolute Gasteiger partial charge is 0.105 e. The van der Waals surface area contributed by atoms with Crippen LogP contribution in [-0.4, -0.2) is 39.0 Å². The van der Waals surface area contributed by atoms with Crippen molar-refractivity contribution in [1.29, 1.82) is 0 Å². The van der Waals surface area contributed by atoms with Crippen molar-refractivity contribution >= 4 is 0 Å². The third kappa shape index (κ3) is 17.9. The topological polar surface area (TPSA) is 59.3 Å². The van der Waals surface area contributed by atoms with Crippen LogP contribution in [0.2, 0.25) is 0 Å². The molecule has 134 valence electrons. The van der Waals surface area contributed by atoms with Crippen molar-refractivity contribution in [1.82, 2.24) is 10.6 Å². The van der Waals surface area contributed by atoms with Crippen molar-refractivity contribution < 1.29 is 4.74 Å². The van der Waals surface area contributed by atoms with E-state index in [1.807, 2.05) is 0 Å². The maximum atomic E-state index is 5.76. The van der Waals surface area contributed by atoms with Gasteiger partial charge in [-0.15, -0.1) is 0 Å².